The van der Waals surface area contributed by atoms with Crippen LogP contribution in [-0.2, 0) is 29.0 Å². The Balaban J connectivity index is 1.40. The number of hydrogen-bond acceptors (Lipinski definition) is 8. The van der Waals surface area contributed by atoms with E-state index in [2.05, 4.69) is 25.9 Å². The van der Waals surface area contributed by atoms with Crippen LogP contribution in [0.5, 0.6) is 5.75 Å². The van der Waals surface area contributed by atoms with Gasteiger partial charge in [0.25, 0.3) is 5.56 Å². The van der Waals surface area contributed by atoms with Crippen molar-refractivity contribution in [3.63, 3.8) is 0 Å². The Labute approximate surface area is 233 Å². The van der Waals surface area contributed by atoms with Crippen LogP contribution in [0.4, 0.5) is 16.3 Å². The van der Waals surface area contributed by atoms with E-state index in [0.29, 0.717) is 42.4 Å². The molecular weight excluding hydrogens is 512 g/mol. The van der Waals surface area contributed by atoms with E-state index in [4.69, 9.17) is 9.47 Å². The summed E-state index contributed by atoms with van der Waals surface area (Å²) >= 11 is 0. The average Bonchev–Trinajstić information content (AvgIpc) is 3.31. The van der Waals surface area contributed by atoms with E-state index in [-0.39, 0.29) is 18.0 Å². The summed E-state index contributed by atoms with van der Waals surface area (Å²) in [5.74, 6) is 1.42. The molecule has 0 aliphatic carbocycles. The van der Waals surface area contributed by atoms with E-state index in [9.17, 15) is 14.4 Å². The summed E-state index contributed by atoms with van der Waals surface area (Å²) in [6.07, 6.45) is 1.96. The van der Waals surface area contributed by atoms with Gasteiger partial charge in [-0.25, -0.2) is 14.8 Å². The molecule has 11 heteroatoms. The summed E-state index contributed by atoms with van der Waals surface area (Å²) in [4.78, 5) is 47.4. The number of amides is 2. The number of benzene rings is 1. The van der Waals surface area contributed by atoms with Gasteiger partial charge >= 0.3 is 6.09 Å². The Morgan fingerprint density at radius 1 is 1.12 bits per heavy atom. The number of hydrogen-bond donors (Lipinski definition) is 3. The number of aryl methyl sites for hydroxylation is 3. The van der Waals surface area contributed by atoms with Crippen molar-refractivity contribution in [1.82, 2.24) is 19.9 Å². The molecule has 3 N–H and O–H groups in total. The van der Waals surface area contributed by atoms with E-state index >= 15 is 0 Å². The number of pyridine rings is 1. The molecule has 0 bridgehead atoms. The molecule has 4 rings (SSSR count). The molecule has 0 saturated heterocycles. The van der Waals surface area contributed by atoms with Crippen molar-refractivity contribution < 1.29 is 19.1 Å². The predicted molar refractivity (Wildman–Crippen MR) is 152 cm³/mol. The van der Waals surface area contributed by atoms with Crippen LogP contribution in [0.15, 0.2) is 41.3 Å². The highest BCUT2D eigenvalue weighted by molar-refractivity contribution is 5.83. The number of ether oxygens (including phenoxy) is 2. The molecule has 1 atom stereocenters. The molecule has 40 heavy (non-hydrogen) atoms. The molecule has 11 nitrogen and oxygen atoms in total. The van der Waals surface area contributed by atoms with Crippen molar-refractivity contribution in [2.75, 3.05) is 17.7 Å². The van der Waals surface area contributed by atoms with Gasteiger partial charge in [0.15, 0.2) is 0 Å². The molecule has 0 saturated carbocycles. The van der Waals surface area contributed by atoms with Gasteiger partial charge in [0.2, 0.25) is 5.91 Å². The summed E-state index contributed by atoms with van der Waals surface area (Å²) < 4.78 is 12.1. The monoisotopic (exact) mass is 548 g/mol. The van der Waals surface area contributed by atoms with Crippen LogP contribution < -0.4 is 26.2 Å². The van der Waals surface area contributed by atoms with Crippen molar-refractivity contribution in [3.8, 4) is 5.75 Å². The molecule has 2 amide bonds. The third-order valence-electron chi connectivity index (χ3n) is 6.43. The van der Waals surface area contributed by atoms with Crippen LogP contribution in [0.1, 0.15) is 61.4 Å². The second kappa shape index (κ2) is 11.8. The number of carbonyl (C=O) groups excluding carboxylic acids is 2. The van der Waals surface area contributed by atoms with E-state index in [0.717, 1.165) is 22.4 Å². The Bertz CT molecular complexity index is 1480. The van der Waals surface area contributed by atoms with E-state index in [1.807, 2.05) is 25.1 Å². The number of anilines is 2. The van der Waals surface area contributed by atoms with Gasteiger partial charge in [0.1, 0.15) is 34.7 Å². The molecule has 0 spiro atoms. The first-order valence-corrected chi connectivity index (χ1v) is 13.2. The van der Waals surface area contributed by atoms with E-state index < -0.39 is 17.7 Å². The van der Waals surface area contributed by atoms with Crippen LogP contribution in [0.3, 0.4) is 0 Å². The molecule has 1 aliphatic heterocycles. The third-order valence-corrected chi connectivity index (χ3v) is 6.43. The second-order valence-electron chi connectivity index (χ2n) is 10.8. The average molecular weight is 549 g/mol. The number of fused-ring (bicyclic) bond motifs is 1. The second-order valence-corrected chi connectivity index (χ2v) is 10.8. The van der Waals surface area contributed by atoms with E-state index in [1.54, 1.807) is 46.9 Å². The fourth-order valence-corrected chi connectivity index (χ4v) is 4.57. The Morgan fingerprint density at radius 2 is 1.90 bits per heavy atom. The number of aromatic nitrogens is 3. The number of methoxy groups -OCH3 is 1. The molecule has 0 unspecified atom stereocenters. The lowest BCUT2D eigenvalue weighted by molar-refractivity contribution is -0.124. The van der Waals surface area contributed by atoms with Crippen molar-refractivity contribution in [2.45, 2.75) is 72.2 Å². The fraction of sp³-hybridized carbons (Fsp3) is 0.414. The largest absolute Gasteiger partial charge is 0.497 e. The molecule has 0 radical (unpaired) electrons. The highest BCUT2D eigenvalue weighted by atomic mass is 16.6. The Kier molecular flexibility index (Phi) is 8.41. The number of nitrogens with one attached hydrogen (secondary N) is 3. The van der Waals surface area contributed by atoms with Gasteiger partial charge in [-0.05, 0) is 75.9 Å². The molecule has 1 aliphatic rings. The summed E-state index contributed by atoms with van der Waals surface area (Å²) in [5, 5.41) is 8.70. The van der Waals surface area contributed by atoms with Gasteiger partial charge in [-0.1, -0.05) is 12.1 Å². The van der Waals surface area contributed by atoms with Crippen LogP contribution in [-0.4, -0.2) is 39.2 Å². The van der Waals surface area contributed by atoms with Crippen LogP contribution >= 0.6 is 0 Å². The summed E-state index contributed by atoms with van der Waals surface area (Å²) in [6.45, 7) is 9.76. The lowest BCUT2D eigenvalue weighted by Crippen LogP contribution is -2.36. The molecule has 212 valence electrons. The third kappa shape index (κ3) is 6.96. The van der Waals surface area contributed by atoms with Gasteiger partial charge in [0.05, 0.1) is 13.3 Å². The number of rotatable bonds is 8. The smallest absolute Gasteiger partial charge is 0.413 e. The van der Waals surface area contributed by atoms with Crippen molar-refractivity contribution in [3.05, 3.63) is 75.1 Å². The molecule has 0 fully saturated rings. The van der Waals surface area contributed by atoms with Gasteiger partial charge < -0.3 is 20.1 Å². The lowest BCUT2D eigenvalue weighted by Gasteiger charge is -2.19. The highest BCUT2D eigenvalue weighted by Gasteiger charge is 2.31. The van der Waals surface area contributed by atoms with Crippen LogP contribution in [0.2, 0.25) is 0 Å². The maximum atomic E-state index is 13.3. The molecule has 2 aromatic heterocycles. The number of carbonyl (C=O) groups is 2. The van der Waals surface area contributed by atoms with E-state index in [1.165, 1.54) is 10.8 Å². The maximum absolute atomic E-state index is 13.3. The first-order chi connectivity index (χ1) is 18.9. The molecular formula is C29H36N6O5. The minimum Gasteiger partial charge on any atom is -0.497 e. The zero-order valence-electron chi connectivity index (χ0n) is 23.8. The zero-order chi connectivity index (χ0) is 29.0. The maximum Gasteiger partial charge on any atom is 0.413 e. The number of nitrogens with zero attached hydrogens (tertiary/aromatic N) is 3. The summed E-state index contributed by atoms with van der Waals surface area (Å²) in [5.41, 5.74) is 2.89. The molecule has 3 heterocycles. The summed E-state index contributed by atoms with van der Waals surface area (Å²) in [6, 6.07) is 8.64. The van der Waals surface area contributed by atoms with Crippen LogP contribution in [0, 0.1) is 13.8 Å². The standard InChI is InChI=1S/C29H36N6O5/c1-17-11-19(13-21(12-17)39-6)14-30-22-16-31-25-10-8-23(35(25)27(22)37)26(36)32-15-20-7-9-24(33-18(20)2)34-28(38)40-29(3,4)5/h7,9,11-13,16,23,30H,8,10,14-15H2,1-6H3,(H,32,36)(H,33,34,38)/t23-/m0/s1. The topological polar surface area (TPSA) is 136 Å². The van der Waals surface area contributed by atoms with Gasteiger partial charge in [0, 0.05) is 25.2 Å². The Hall–Kier alpha value is -4.41. The lowest BCUT2D eigenvalue weighted by atomic mass is 10.1. The quantitative estimate of drug-likeness (QED) is 0.384. The minimum absolute atomic E-state index is 0.228. The minimum atomic E-state index is -0.655. The van der Waals surface area contributed by atoms with Crippen LogP contribution in [0.25, 0.3) is 0 Å². The normalized spacial score (nSPS) is 14.3. The van der Waals surface area contributed by atoms with Gasteiger partial charge in [-0.3, -0.25) is 19.5 Å². The summed E-state index contributed by atoms with van der Waals surface area (Å²) in [7, 11) is 1.62. The first-order valence-electron chi connectivity index (χ1n) is 13.2. The fourth-order valence-electron chi connectivity index (χ4n) is 4.57. The first kappa shape index (κ1) is 28.6. The van der Waals surface area contributed by atoms with Crippen molar-refractivity contribution in [2.24, 2.45) is 0 Å². The zero-order valence-corrected chi connectivity index (χ0v) is 23.8. The van der Waals surface area contributed by atoms with Crippen molar-refractivity contribution >= 4 is 23.5 Å². The van der Waals surface area contributed by atoms with Gasteiger partial charge in [-0.15, -0.1) is 0 Å². The van der Waals surface area contributed by atoms with Crippen molar-refractivity contribution in [1.29, 1.82) is 0 Å². The van der Waals surface area contributed by atoms with Gasteiger partial charge in [-0.2, -0.15) is 0 Å². The predicted octanol–water partition coefficient (Wildman–Crippen LogP) is 4.03. The highest BCUT2D eigenvalue weighted by Crippen LogP contribution is 2.24. The molecule has 3 aromatic rings. The SMILES string of the molecule is COc1cc(C)cc(CNc2cnc3n(c2=O)[C@H](C(=O)NCc2ccc(NC(=O)OC(C)(C)C)nc2C)CC3)c1. The molecule has 1 aromatic carbocycles. The Morgan fingerprint density at radius 3 is 2.60 bits per heavy atom.